The van der Waals surface area contributed by atoms with E-state index < -0.39 is 17.9 Å². The molecule has 0 bridgehead atoms. The quantitative estimate of drug-likeness (QED) is 0.354. The van der Waals surface area contributed by atoms with Gasteiger partial charge in [0.05, 0.1) is 24.1 Å². The number of piperazine rings is 1. The summed E-state index contributed by atoms with van der Waals surface area (Å²) >= 11 is 0. The van der Waals surface area contributed by atoms with Crippen LogP contribution in [0.2, 0.25) is 0 Å². The smallest absolute Gasteiger partial charge is 0.323 e. The number of aromatic nitrogens is 2. The van der Waals surface area contributed by atoms with E-state index in [1.807, 2.05) is 7.05 Å². The number of methoxy groups -OCH3 is 1. The van der Waals surface area contributed by atoms with Gasteiger partial charge in [-0.05, 0) is 44.3 Å². The van der Waals surface area contributed by atoms with Crippen LogP contribution in [0, 0.1) is 0 Å². The fourth-order valence-corrected chi connectivity index (χ4v) is 4.22. The molecule has 1 aromatic heterocycles. The lowest BCUT2D eigenvalue weighted by Crippen LogP contribution is -2.46. The van der Waals surface area contributed by atoms with Crippen molar-refractivity contribution < 1.29 is 18.7 Å². The molecule has 1 fully saturated rings. The summed E-state index contributed by atoms with van der Waals surface area (Å²) in [6.45, 7) is 4.33. The third-order valence-electron chi connectivity index (χ3n) is 6.36. The second-order valence-corrected chi connectivity index (χ2v) is 9.04. The number of halogens is 1. The zero-order chi connectivity index (χ0) is 26.5. The first-order chi connectivity index (χ1) is 17.8. The lowest BCUT2D eigenvalue weighted by Gasteiger charge is -2.34. The van der Waals surface area contributed by atoms with E-state index in [1.165, 1.54) is 24.7 Å². The summed E-state index contributed by atoms with van der Waals surface area (Å²) in [5, 5.41) is 5.62. The maximum absolute atomic E-state index is 15.6. The first-order valence-corrected chi connectivity index (χ1v) is 12.1. The highest BCUT2D eigenvalue weighted by molar-refractivity contribution is 6.02. The van der Waals surface area contributed by atoms with E-state index in [4.69, 9.17) is 4.74 Å². The molecule has 0 saturated carbocycles. The number of likely N-dealkylation sites (N-methyl/N-ethyl adjacent to an activating group) is 1. The van der Waals surface area contributed by atoms with Crippen LogP contribution in [0.3, 0.4) is 0 Å². The highest BCUT2D eigenvalue weighted by Crippen LogP contribution is 2.24. The Bertz CT molecular complexity index is 1350. The number of ether oxygens (including phenoxy) is 1. The number of carbonyl (C=O) groups is 2. The summed E-state index contributed by atoms with van der Waals surface area (Å²) in [5.41, 5.74) is 1.23. The monoisotopic (exact) mass is 510 g/mol. The third-order valence-corrected chi connectivity index (χ3v) is 6.36. The predicted octanol–water partition coefficient (Wildman–Crippen LogP) is 3.11. The zero-order valence-corrected chi connectivity index (χ0v) is 21.2. The van der Waals surface area contributed by atoms with Crippen LogP contribution in [0.4, 0.5) is 20.6 Å². The molecule has 2 aromatic carbocycles. The maximum atomic E-state index is 15.6. The molecule has 0 aliphatic carbocycles. The van der Waals surface area contributed by atoms with E-state index in [-0.39, 0.29) is 30.1 Å². The van der Waals surface area contributed by atoms with E-state index >= 15 is 4.39 Å². The van der Waals surface area contributed by atoms with Crippen LogP contribution in [-0.2, 0) is 11.3 Å². The van der Waals surface area contributed by atoms with Crippen LogP contribution in [0.5, 0.6) is 0 Å². The number of hydrogen-bond acceptors (Lipinski definition) is 7. The van der Waals surface area contributed by atoms with Gasteiger partial charge < -0.3 is 20.3 Å². The molecule has 10 nitrogen and oxygen atoms in total. The molecular formula is C26H31FN6O4. The number of urea groups is 1. The molecule has 11 heteroatoms. The normalized spacial score (nSPS) is 15.5. The van der Waals surface area contributed by atoms with Crippen LogP contribution >= 0.6 is 0 Å². The van der Waals surface area contributed by atoms with Crippen LogP contribution in [-0.4, -0.2) is 78.1 Å². The maximum Gasteiger partial charge on any atom is 0.323 e. The Balaban J connectivity index is 1.60. The number of amides is 2. The standard InChI is InChI=1S/C26H31FN6O4/c1-17(34)18-5-4-6-19(15-18)28-26(36)29-20-7-8-22-21(16-20)25(35)33(13-14-37-3)24(30-22)23(27)32-11-9-31(2)10-12-32/h4-8,15-16,23H,9-14H2,1-3H3,(H2,28,29,36). The Morgan fingerprint density at radius 1 is 1.08 bits per heavy atom. The second kappa shape index (κ2) is 11.6. The number of alkyl halides is 1. The Hall–Kier alpha value is -3.67. The average Bonchev–Trinajstić information content (AvgIpc) is 2.88. The minimum Gasteiger partial charge on any atom is -0.383 e. The van der Waals surface area contributed by atoms with Crippen molar-refractivity contribution >= 4 is 34.1 Å². The van der Waals surface area contributed by atoms with Gasteiger partial charge in [-0.1, -0.05) is 12.1 Å². The number of ketones is 1. The van der Waals surface area contributed by atoms with Crippen LogP contribution in [0.1, 0.15) is 29.4 Å². The number of anilines is 2. The van der Waals surface area contributed by atoms with Crippen molar-refractivity contribution in [2.24, 2.45) is 0 Å². The summed E-state index contributed by atoms with van der Waals surface area (Å²) in [6.07, 6.45) is -1.53. The van der Waals surface area contributed by atoms with Crippen molar-refractivity contribution in [3.8, 4) is 0 Å². The molecule has 0 radical (unpaired) electrons. The van der Waals surface area contributed by atoms with Crippen LogP contribution < -0.4 is 16.2 Å². The lowest BCUT2D eigenvalue weighted by molar-refractivity contribution is 0.0293. The molecule has 1 unspecified atom stereocenters. The summed E-state index contributed by atoms with van der Waals surface area (Å²) in [4.78, 5) is 45.9. The molecule has 2 heterocycles. The molecule has 3 aromatic rings. The van der Waals surface area contributed by atoms with Crippen LogP contribution in [0.15, 0.2) is 47.3 Å². The molecule has 1 aliphatic heterocycles. The minimum absolute atomic E-state index is 0.0444. The summed E-state index contributed by atoms with van der Waals surface area (Å²) in [6, 6.07) is 10.8. The molecule has 4 rings (SSSR count). The third kappa shape index (κ3) is 6.19. The van der Waals surface area contributed by atoms with Gasteiger partial charge in [-0.2, -0.15) is 0 Å². The van der Waals surface area contributed by atoms with E-state index in [0.717, 1.165) is 13.1 Å². The number of hydrogen-bond donors (Lipinski definition) is 2. The molecule has 196 valence electrons. The minimum atomic E-state index is -1.53. The average molecular weight is 511 g/mol. The Labute approximate surface area is 214 Å². The fourth-order valence-electron chi connectivity index (χ4n) is 4.22. The topological polar surface area (TPSA) is 109 Å². The largest absolute Gasteiger partial charge is 0.383 e. The number of benzene rings is 2. The van der Waals surface area contributed by atoms with Gasteiger partial charge in [-0.15, -0.1) is 0 Å². The van der Waals surface area contributed by atoms with E-state index in [9.17, 15) is 14.4 Å². The lowest BCUT2D eigenvalue weighted by atomic mass is 10.1. The second-order valence-electron chi connectivity index (χ2n) is 9.04. The van der Waals surface area contributed by atoms with Crippen LogP contribution in [0.25, 0.3) is 10.9 Å². The van der Waals surface area contributed by atoms with Gasteiger partial charge in [0.2, 0.25) is 6.30 Å². The molecule has 37 heavy (non-hydrogen) atoms. The van der Waals surface area contributed by atoms with Gasteiger partial charge in [-0.25, -0.2) is 14.2 Å². The molecular weight excluding hydrogens is 479 g/mol. The highest BCUT2D eigenvalue weighted by Gasteiger charge is 2.28. The molecule has 1 atom stereocenters. The van der Waals surface area contributed by atoms with Crippen molar-refractivity contribution in [2.75, 3.05) is 57.6 Å². The molecule has 2 N–H and O–H groups in total. The number of carbonyl (C=O) groups excluding carboxylic acids is 2. The van der Waals surface area contributed by atoms with Crippen molar-refractivity contribution in [3.05, 3.63) is 64.2 Å². The van der Waals surface area contributed by atoms with Crippen molar-refractivity contribution in [1.82, 2.24) is 19.4 Å². The zero-order valence-electron chi connectivity index (χ0n) is 21.2. The van der Waals surface area contributed by atoms with Crippen molar-refractivity contribution in [3.63, 3.8) is 0 Å². The molecule has 1 saturated heterocycles. The summed E-state index contributed by atoms with van der Waals surface area (Å²) in [7, 11) is 3.50. The molecule has 2 amide bonds. The first kappa shape index (κ1) is 26.4. The SMILES string of the molecule is COCCn1c(C(F)N2CCN(C)CC2)nc2ccc(NC(=O)Nc3cccc(C(C)=O)c3)cc2c1=O. The highest BCUT2D eigenvalue weighted by atomic mass is 19.1. The number of nitrogens with one attached hydrogen (secondary N) is 2. The molecule has 0 spiro atoms. The summed E-state index contributed by atoms with van der Waals surface area (Å²) < 4.78 is 22.1. The Morgan fingerprint density at radius 2 is 1.78 bits per heavy atom. The van der Waals surface area contributed by atoms with Gasteiger partial charge in [-0.3, -0.25) is 19.1 Å². The first-order valence-electron chi connectivity index (χ1n) is 12.1. The van der Waals surface area contributed by atoms with E-state index in [0.29, 0.717) is 35.5 Å². The van der Waals surface area contributed by atoms with Gasteiger partial charge in [0, 0.05) is 50.2 Å². The summed E-state index contributed by atoms with van der Waals surface area (Å²) in [5.74, 6) is -0.0683. The number of Topliss-reactive ketones (excluding diaryl/α,β-unsaturated/α-hetero) is 1. The number of fused-ring (bicyclic) bond motifs is 1. The Kier molecular flexibility index (Phi) is 8.27. The van der Waals surface area contributed by atoms with Gasteiger partial charge >= 0.3 is 6.03 Å². The predicted molar refractivity (Wildman–Crippen MR) is 140 cm³/mol. The van der Waals surface area contributed by atoms with Gasteiger partial charge in [0.25, 0.3) is 5.56 Å². The van der Waals surface area contributed by atoms with Gasteiger partial charge in [0.1, 0.15) is 0 Å². The Morgan fingerprint density at radius 3 is 2.46 bits per heavy atom. The van der Waals surface area contributed by atoms with Crippen molar-refractivity contribution in [1.29, 1.82) is 0 Å². The molecule has 1 aliphatic rings. The van der Waals surface area contributed by atoms with Gasteiger partial charge in [0.15, 0.2) is 11.6 Å². The fraction of sp³-hybridized carbons (Fsp3) is 0.385. The number of rotatable bonds is 8. The van der Waals surface area contributed by atoms with E-state index in [1.54, 1.807) is 41.3 Å². The van der Waals surface area contributed by atoms with Crippen molar-refractivity contribution in [2.45, 2.75) is 19.8 Å². The van der Waals surface area contributed by atoms with E-state index in [2.05, 4.69) is 20.5 Å². The number of nitrogens with zero attached hydrogens (tertiary/aromatic N) is 4.